The van der Waals surface area contributed by atoms with E-state index in [4.69, 9.17) is 9.72 Å². The van der Waals surface area contributed by atoms with Crippen LogP contribution >= 0.6 is 0 Å². The third-order valence-corrected chi connectivity index (χ3v) is 5.80. The second-order valence-corrected chi connectivity index (χ2v) is 7.87. The van der Waals surface area contributed by atoms with Gasteiger partial charge in [0.05, 0.1) is 19.6 Å². The van der Waals surface area contributed by atoms with Crippen LogP contribution in [0, 0.1) is 0 Å². The molecule has 0 spiro atoms. The number of methoxy groups -OCH3 is 1. The minimum Gasteiger partial charge on any atom is -0.497 e. The normalized spacial score (nSPS) is 16.3. The highest BCUT2D eigenvalue weighted by atomic mass is 16.5. The minimum atomic E-state index is 0.114. The molecular weight excluding hydrogens is 372 g/mol. The maximum atomic E-state index is 13.1. The van der Waals surface area contributed by atoms with Crippen molar-refractivity contribution in [2.45, 2.75) is 38.1 Å². The summed E-state index contributed by atoms with van der Waals surface area (Å²) in [6.45, 7) is 0.811. The molecular formula is C26H28N2O2. The predicted molar refractivity (Wildman–Crippen MR) is 118 cm³/mol. The highest BCUT2D eigenvalue weighted by molar-refractivity contribution is 5.79. The van der Waals surface area contributed by atoms with Crippen LogP contribution in [0.25, 0.3) is 0 Å². The monoisotopic (exact) mass is 400 g/mol. The first-order valence-corrected chi connectivity index (χ1v) is 10.6. The first kappa shape index (κ1) is 20.1. The topological polar surface area (TPSA) is 42.4 Å². The molecule has 0 aliphatic carbocycles. The number of aromatic nitrogens is 1. The molecule has 1 saturated heterocycles. The average molecular weight is 401 g/mol. The summed E-state index contributed by atoms with van der Waals surface area (Å²) in [5.41, 5.74) is 4.46. The fraction of sp³-hybridized carbons (Fsp3) is 0.308. The molecule has 154 valence electrons. The summed E-state index contributed by atoms with van der Waals surface area (Å²) in [6.07, 6.45) is 6.40. The van der Waals surface area contributed by atoms with E-state index in [9.17, 15) is 4.79 Å². The number of hydrogen-bond acceptors (Lipinski definition) is 3. The molecule has 2 aromatic carbocycles. The third kappa shape index (κ3) is 4.88. The highest BCUT2D eigenvalue weighted by Gasteiger charge is 2.28. The number of piperidine rings is 1. The van der Waals surface area contributed by atoms with Crippen molar-refractivity contribution in [1.82, 2.24) is 9.88 Å². The van der Waals surface area contributed by atoms with E-state index < -0.39 is 0 Å². The van der Waals surface area contributed by atoms with Gasteiger partial charge >= 0.3 is 0 Å². The fourth-order valence-corrected chi connectivity index (χ4v) is 4.14. The van der Waals surface area contributed by atoms with Gasteiger partial charge in [0.15, 0.2) is 0 Å². The zero-order chi connectivity index (χ0) is 20.8. The molecule has 4 heteroatoms. The van der Waals surface area contributed by atoms with Gasteiger partial charge in [-0.2, -0.15) is 0 Å². The van der Waals surface area contributed by atoms with Crippen LogP contribution in [0.4, 0.5) is 0 Å². The predicted octanol–water partition coefficient (Wildman–Crippen LogP) is 4.98. The summed E-state index contributed by atoms with van der Waals surface area (Å²) in [5, 5.41) is 0. The Morgan fingerprint density at radius 1 is 1.00 bits per heavy atom. The Morgan fingerprint density at radius 3 is 2.50 bits per heavy atom. The van der Waals surface area contributed by atoms with Crippen molar-refractivity contribution in [2.24, 2.45) is 0 Å². The number of hydrogen-bond donors (Lipinski definition) is 0. The quantitative estimate of drug-likeness (QED) is 0.586. The Kier molecular flexibility index (Phi) is 6.43. The van der Waals surface area contributed by atoms with Crippen LogP contribution in [0.2, 0.25) is 0 Å². The van der Waals surface area contributed by atoms with E-state index in [0.29, 0.717) is 6.42 Å². The lowest BCUT2D eigenvalue weighted by Crippen LogP contribution is -2.39. The lowest BCUT2D eigenvalue weighted by Gasteiger charge is -2.36. The Balaban J connectivity index is 1.45. The van der Waals surface area contributed by atoms with Gasteiger partial charge in [-0.3, -0.25) is 9.78 Å². The fourth-order valence-electron chi connectivity index (χ4n) is 4.14. The molecule has 2 heterocycles. The molecule has 0 saturated carbocycles. The van der Waals surface area contributed by atoms with Gasteiger partial charge in [-0.15, -0.1) is 0 Å². The number of amides is 1. The summed E-state index contributed by atoms with van der Waals surface area (Å²) >= 11 is 0. The summed E-state index contributed by atoms with van der Waals surface area (Å²) in [4.78, 5) is 19.8. The minimum absolute atomic E-state index is 0.114. The highest BCUT2D eigenvalue weighted by Crippen LogP contribution is 2.31. The molecule has 1 unspecified atom stereocenters. The van der Waals surface area contributed by atoms with Crippen molar-refractivity contribution >= 4 is 5.91 Å². The van der Waals surface area contributed by atoms with Gasteiger partial charge < -0.3 is 9.64 Å². The van der Waals surface area contributed by atoms with Crippen molar-refractivity contribution in [3.8, 4) is 5.75 Å². The maximum Gasteiger partial charge on any atom is 0.227 e. The van der Waals surface area contributed by atoms with Gasteiger partial charge in [0.25, 0.3) is 0 Å². The van der Waals surface area contributed by atoms with Crippen molar-refractivity contribution in [1.29, 1.82) is 0 Å². The van der Waals surface area contributed by atoms with Crippen LogP contribution in [0.3, 0.4) is 0 Å². The zero-order valence-corrected chi connectivity index (χ0v) is 17.5. The molecule has 0 radical (unpaired) electrons. The van der Waals surface area contributed by atoms with Crippen LogP contribution in [0.1, 0.15) is 47.7 Å². The molecule has 1 atom stereocenters. The standard InChI is InChI=1S/C26H28N2O2/c1-30-24-14-10-21(11-15-24)18-26(29)28-16-6-5-9-25(28)22-12-13-23(27-19-22)17-20-7-3-2-4-8-20/h2-4,7-8,10-15,19,25H,5-6,9,16-18H2,1H3. The summed E-state index contributed by atoms with van der Waals surface area (Å²) in [7, 11) is 1.65. The van der Waals surface area contributed by atoms with Crippen LogP contribution in [-0.2, 0) is 17.6 Å². The third-order valence-electron chi connectivity index (χ3n) is 5.80. The van der Waals surface area contributed by atoms with Gasteiger partial charge in [-0.05, 0) is 54.2 Å². The summed E-state index contributed by atoms with van der Waals surface area (Å²) < 4.78 is 5.21. The molecule has 1 amide bonds. The molecule has 1 aromatic heterocycles. The Hall–Kier alpha value is -3.14. The summed E-state index contributed by atoms with van der Waals surface area (Å²) in [6, 6.07) is 22.5. The van der Waals surface area contributed by atoms with Crippen molar-refractivity contribution in [3.63, 3.8) is 0 Å². The summed E-state index contributed by atoms with van der Waals surface area (Å²) in [5.74, 6) is 0.988. The lowest BCUT2D eigenvalue weighted by atomic mass is 9.95. The van der Waals surface area contributed by atoms with Gasteiger partial charge in [0, 0.05) is 24.9 Å². The van der Waals surface area contributed by atoms with E-state index in [0.717, 1.165) is 54.8 Å². The number of nitrogens with zero attached hydrogens (tertiary/aromatic N) is 2. The molecule has 3 aromatic rings. The molecule has 1 aliphatic heterocycles. The van der Waals surface area contributed by atoms with E-state index in [1.807, 2.05) is 41.4 Å². The van der Waals surface area contributed by atoms with Crippen molar-refractivity contribution in [2.75, 3.05) is 13.7 Å². The second-order valence-electron chi connectivity index (χ2n) is 7.87. The molecule has 1 aliphatic rings. The zero-order valence-electron chi connectivity index (χ0n) is 17.5. The lowest BCUT2D eigenvalue weighted by molar-refractivity contribution is -0.134. The number of pyridine rings is 1. The number of likely N-dealkylation sites (tertiary alicyclic amines) is 1. The van der Waals surface area contributed by atoms with Crippen molar-refractivity contribution < 1.29 is 9.53 Å². The Morgan fingerprint density at radius 2 is 1.80 bits per heavy atom. The Bertz CT molecular complexity index is 953. The Labute approximate surface area is 178 Å². The van der Waals surface area contributed by atoms with E-state index >= 15 is 0 Å². The largest absolute Gasteiger partial charge is 0.497 e. The first-order valence-electron chi connectivity index (χ1n) is 10.6. The molecule has 0 N–H and O–H groups in total. The van der Waals surface area contributed by atoms with E-state index in [1.165, 1.54) is 5.56 Å². The number of carbonyl (C=O) groups is 1. The molecule has 4 rings (SSSR count). The average Bonchev–Trinajstić information content (AvgIpc) is 2.81. The van der Waals surface area contributed by atoms with Crippen LogP contribution in [-0.4, -0.2) is 29.4 Å². The van der Waals surface area contributed by atoms with E-state index in [2.05, 4.69) is 36.4 Å². The smallest absolute Gasteiger partial charge is 0.227 e. The number of carbonyl (C=O) groups excluding carboxylic acids is 1. The number of ether oxygens (including phenoxy) is 1. The SMILES string of the molecule is COc1ccc(CC(=O)N2CCCCC2c2ccc(Cc3ccccc3)nc2)cc1. The maximum absolute atomic E-state index is 13.1. The van der Waals surface area contributed by atoms with Gasteiger partial charge in [0.2, 0.25) is 5.91 Å². The van der Waals surface area contributed by atoms with Gasteiger partial charge in [-0.1, -0.05) is 48.5 Å². The van der Waals surface area contributed by atoms with Gasteiger partial charge in [-0.25, -0.2) is 0 Å². The number of rotatable bonds is 6. The molecule has 0 bridgehead atoms. The van der Waals surface area contributed by atoms with E-state index in [1.54, 1.807) is 7.11 Å². The van der Waals surface area contributed by atoms with Gasteiger partial charge in [0.1, 0.15) is 5.75 Å². The molecule has 30 heavy (non-hydrogen) atoms. The number of benzene rings is 2. The van der Waals surface area contributed by atoms with Crippen LogP contribution in [0.5, 0.6) is 5.75 Å². The molecule has 1 fully saturated rings. The first-order chi connectivity index (χ1) is 14.7. The van der Waals surface area contributed by atoms with Crippen LogP contribution in [0.15, 0.2) is 72.9 Å². The second kappa shape index (κ2) is 9.57. The molecule has 4 nitrogen and oxygen atoms in total. The van der Waals surface area contributed by atoms with Crippen molar-refractivity contribution in [3.05, 3.63) is 95.3 Å². The van der Waals surface area contributed by atoms with E-state index in [-0.39, 0.29) is 11.9 Å². The van der Waals surface area contributed by atoms with Crippen LogP contribution < -0.4 is 4.74 Å².